The molecule has 0 bridgehead atoms. The van der Waals surface area contributed by atoms with Gasteiger partial charge in [-0.25, -0.2) is 0 Å². The molecule has 0 spiro atoms. The monoisotopic (exact) mass is 260 g/mol. The van der Waals surface area contributed by atoms with Gasteiger partial charge in [-0.15, -0.1) is 0 Å². The molecule has 1 atom stereocenters. The molecule has 18 heavy (non-hydrogen) atoms. The van der Waals surface area contributed by atoms with E-state index < -0.39 is 0 Å². The van der Waals surface area contributed by atoms with Crippen LogP contribution in [-0.2, 0) is 4.74 Å². The molecular weight excluding hydrogens is 228 g/mol. The number of rotatable bonds is 11. The molecule has 0 aromatic heterocycles. The van der Waals surface area contributed by atoms with Crippen LogP contribution in [0.25, 0.3) is 0 Å². The summed E-state index contributed by atoms with van der Waals surface area (Å²) in [6.45, 7) is 12.5. The second-order valence-corrected chi connectivity index (χ2v) is 5.26. The SMILES string of the molecule is CCCNC(CCN(CC)CCO)C(C)(C)OC. The normalized spacial score (nSPS) is 14.2. The van der Waals surface area contributed by atoms with E-state index in [0.29, 0.717) is 6.04 Å². The Morgan fingerprint density at radius 3 is 2.39 bits per heavy atom. The third kappa shape index (κ3) is 6.69. The molecule has 0 amide bonds. The first-order valence-corrected chi connectivity index (χ1v) is 7.13. The molecule has 0 aromatic carbocycles. The van der Waals surface area contributed by atoms with Crippen molar-refractivity contribution in [3.05, 3.63) is 0 Å². The number of hydrogen-bond acceptors (Lipinski definition) is 4. The Labute approximate surface area is 113 Å². The van der Waals surface area contributed by atoms with E-state index >= 15 is 0 Å². The molecule has 0 aromatic rings. The third-order valence-corrected chi connectivity index (χ3v) is 3.60. The van der Waals surface area contributed by atoms with Gasteiger partial charge in [0.2, 0.25) is 0 Å². The van der Waals surface area contributed by atoms with E-state index in [9.17, 15) is 0 Å². The van der Waals surface area contributed by atoms with Gasteiger partial charge in [0.05, 0.1) is 12.2 Å². The van der Waals surface area contributed by atoms with E-state index in [2.05, 4.69) is 37.9 Å². The molecule has 0 aliphatic rings. The topological polar surface area (TPSA) is 44.7 Å². The Hall–Kier alpha value is -0.160. The largest absolute Gasteiger partial charge is 0.395 e. The van der Waals surface area contributed by atoms with Gasteiger partial charge < -0.3 is 20.1 Å². The minimum absolute atomic E-state index is 0.159. The van der Waals surface area contributed by atoms with Crippen molar-refractivity contribution in [3.63, 3.8) is 0 Å². The summed E-state index contributed by atoms with van der Waals surface area (Å²) >= 11 is 0. The van der Waals surface area contributed by atoms with Crippen LogP contribution in [0.3, 0.4) is 0 Å². The fourth-order valence-electron chi connectivity index (χ4n) is 2.04. The fourth-order valence-corrected chi connectivity index (χ4v) is 2.04. The van der Waals surface area contributed by atoms with Crippen LogP contribution >= 0.6 is 0 Å². The van der Waals surface area contributed by atoms with Gasteiger partial charge in [0.1, 0.15) is 0 Å². The van der Waals surface area contributed by atoms with Gasteiger partial charge in [-0.3, -0.25) is 0 Å². The average Bonchev–Trinajstić information content (AvgIpc) is 2.37. The number of nitrogens with zero attached hydrogens (tertiary/aromatic N) is 1. The molecule has 4 nitrogen and oxygen atoms in total. The first-order chi connectivity index (χ1) is 8.51. The lowest BCUT2D eigenvalue weighted by molar-refractivity contribution is -0.0149. The zero-order chi connectivity index (χ0) is 14.0. The zero-order valence-corrected chi connectivity index (χ0v) is 12.8. The number of nitrogens with one attached hydrogen (secondary N) is 1. The zero-order valence-electron chi connectivity index (χ0n) is 12.8. The Morgan fingerprint density at radius 1 is 1.28 bits per heavy atom. The van der Waals surface area contributed by atoms with Crippen LogP contribution in [0.2, 0.25) is 0 Å². The van der Waals surface area contributed by atoms with Gasteiger partial charge >= 0.3 is 0 Å². The summed E-state index contributed by atoms with van der Waals surface area (Å²) in [5, 5.41) is 12.6. The summed E-state index contributed by atoms with van der Waals surface area (Å²) in [6.07, 6.45) is 2.17. The van der Waals surface area contributed by atoms with Crippen LogP contribution in [0.15, 0.2) is 0 Å². The Morgan fingerprint density at radius 2 is 1.94 bits per heavy atom. The van der Waals surface area contributed by atoms with Crippen LogP contribution < -0.4 is 5.32 Å². The molecule has 0 saturated carbocycles. The molecule has 4 heteroatoms. The number of aliphatic hydroxyl groups excluding tert-OH is 1. The predicted molar refractivity (Wildman–Crippen MR) is 77.0 cm³/mol. The maximum absolute atomic E-state index is 9.00. The van der Waals surface area contributed by atoms with Gasteiger partial charge in [0.15, 0.2) is 0 Å². The van der Waals surface area contributed by atoms with E-state index in [0.717, 1.165) is 39.0 Å². The van der Waals surface area contributed by atoms with E-state index in [-0.39, 0.29) is 12.2 Å². The van der Waals surface area contributed by atoms with E-state index in [1.165, 1.54) is 0 Å². The number of aliphatic hydroxyl groups is 1. The molecule has 0 aliphatic carbocycles. The number of likely N-dealkylation sites (N-methyl/N-ethyl adjacent to an activating group) is 1. The molecular formula is C14H32N2O2. The highest BCUT2D eigenvalue weighted by Gasteiger charge is 2.28. The van der Waals surface area contributed by atoms with E-state index in [1.807, 2.05) is 0 Å². The van der Waals surface area contributed by atoms with E-state index in [4.69, 9.17) is 9.84 Å². The number of ether oxygens (including phenoxy) is 1. The Kier molecular flexibility index (Phi) is 9.64. The first-order valence-electron chi connectivity index (χ1n) is 7.13. The first kappa shape index (κ1) is 17.8. The minimum Gasteiger partial charge on any atom is -0.395 e. The molecule has 110 valence electrons. The summed E-state index contributed by atoms with van der Waals surface area (Å²) < 4.78 is 5.59. The summed E-state index contributed by atoms with van der Waals surface area (Å²) in [7, 11) is 1.77. The standard InChI is InChI=1S/C14H32N2O2/c1-6-9-15-13(14(3,4)18-5)8-10-16(7-2)11-12-17/h13,15,17H,6-12H2,1-5H3. The van der Waals surface area contributed by atoms with Crippen molar-refractivity contribution in [3.8, 4) is 0 Å². The van der Waals surface area contributed by atoms with Gasteiger partial charge in [0.25, 0.3) is 0 Å². The highest BCUT2D eigenvalue weighted by Crippen LogP contribution is 2.17. The van der Waals surface area contributed by atoms with Crippen molar-refractivity contribution in [1.82, 2.24) is 10.2 Å². The summed E-state index contributed by atoms with van der Waals surface area (Å²) in [6, 6.07) is 0.343. The van der Waals surface area contributed by atoms with Crippen molar-refractivity contribution in [2.75, 3.05) is 39.9 Å². The van der Waals surface area contributed by atoms with Crippen LogP contribution in [0.5, 0.6) is 0 Å². The van der Waals surface area contributed by atoms with Crippen molar-refractivity contribution < 1.29 is 9.84 Å². The molecule has 0 radical (unpaired) electrons. The second-order valence-electron chi connectivity index (χ2n) is 5.26. The predicted octanol–water partition coefficient (Wildman–Crippen LogP) is 1.48. The summed E-state index contributed by atoms with van der Waals surface area (Å²) in [4.78, 5) is 2.27. The third-order valence-electron chi connectivity index (χ3n) is 3.60. The minimum atomic E-state index is -0.159. The molecule has 2 N–H and O–H groups in total. The van der Waals surface area contributed by atoms with Crippen molar-refractivity contribution in [1.29, 1.82) is 0 Å². The number of hydrogen-bond donors (Lipinski definition) is 2. The quantitative estimate of drug-likeness (QED) is 0.591. The van der Waals surface area contributed by atoms with Crippen LogP contribution in [0, 0.1) is 0 Å². The second kappa shape index (κ2) is 9.73. The number of methoxy groups -OCH3 is 1. The lowest BCUT2D eigenvalue weighted by Gasteiger charge is -2.35. The van der Waals surface area contributed by atoms with E-state index in [1.54, 1.807) is 7.11 Å². The highest BCUT2D eigenvalue weighted by molar-refractivity contribution is 4.86. The van der Waals surface area contributed by atoms with Crippen molar-refractivity contribution >= 4 is 0 Å². The summed E-state index contributed by atoms with van der Waals surface area (Å²) in [5.41, 5.74) is -0.159. The average molecular weight is 260 g/mol. The molecule has 0 aliphatic heterocycles. The maximum atomic E-state index is 9.00. The maximum Gasteiger partial charge on any atom is 0.0775 e. The van der Waals surface area contributed by atoms with Crippen LogP contribution in [-0.4, -0.2) is 61.5 Å². The summed E-state index contributed by atoms with van der Waals surface area (Å²) in [5.74, 6) is 0. The molecule has 0 heterocycles. The highest BCUT2D eigenvalue weighted by atomic mass is 16.5. The van der Waals surface area contributed by atoms with Gasteiger partial charge in [-0.05, 0) is 46.3 Å². The van der Waals surface area contributed by atoms with Crippen molar-refractivity contribution in [2.24, 2.45) is 0 Å². The fraction of sp³-hybridized carbons (Fsp3) is 1.00. The van der Waals surface area contributed by atoms with Gasteiger partial charge in [-0.2, -0.15) is 0 Å². The molecule has 0 rings (SSSR count). The van der Waals surface area contributed by atoms with Crippen LogP contribution in [0.4, 0.5) is 0 Å². The lowest BCUT2D eigenvalue weighted by Crippen LogP contribution is -2.50. The lowest BCUT2D eigenvalue weighted by atomic mass is 9.95. The Balaban J connectivity index is 4.31. The molecule has 1 unspecified atom stereocenters. The Bertz CT molecular complexity index is 198. The van der Waals surface area contributed by atoms with Gasteiger partial charge in [0, 0.05) is 19.7 Å². The smallest absolute Gasteiger partial charge is 0.0775 e. The van der Waals surface area contributed by atoms with Crippen molar-refractivity contribution in [2.45, 2.75) is 52.2 Å². The van der Waals surface area contributed by atoms with Crippen LogP contribution in [0.1, 0.15) is 40.5 Å². The van der Waals surface area contributed by atoms with Gasteiger partial charge in [-0.1, -0.05) is 13.8 Å². The molecule has 0 fully saturated rings. The molecule has 0 saturated heterocycles.